The first kappa shape index (κ1) is 6.76. The highest BCUT2D eigenvalue weighted by molar-refractivity contribution is 7.26. The van der Waals surface area contributed by atoms with E-state index in [1.807, 2.05) is 14.0 Å². The lowest BCUT2D eigenvalue weighted by Crippen LogP contribution is -2.06. The van der Waals surface area contributed by atoms with Crippen molar-refractivity contribution in [3.05, 3.63) is 11.4 Å². The molecule has 0 aromatic carbocycles. The monoisotopic (exact) mass is 142 g/mol. The summed E-state index contributed by atoms with van der Waals surface area (Å²) in [5.74, 6) is 0. The van der Waals surface area contributed by atoms with Crippen LogP contribution in [-0.2, 0) is 7.05 Å². The number of aryl methyl sites for hydroxylation is 1. The molecule has 1 rings (SSSR count). The molecule has 0 aliphatic rings. The highest BCUT2D eigenvalue weighted by Crippen LogP contribution is 2.01. The summed E-state index contributed by atoms with van der Waals surface area (Å²) >= 11 is 0. The fourth-order valence-electron chi connectivity index (χ4n) is 0.742. The van der Waals surface area contributed by atoms with Gasteiger partial charge in [0.15, 0.2) is 0 Å². The summed E-state index contributed by atoms with van der Waals surface area (Å²) in [5.41, 5.74) is 3.35. The molecule has 9 heavy (non-hydrogen) atoms. The van der Waals surface area contributed by atoms with E-state index in [4.69, 9.17) is 0 Å². The van der Waals surface area contributed by atoms with Gasteiger partial charge in [0.1, 0.15) is 5.57 Å². The normalized spacial score (nSPS) is 10.2. The molecule has 50 valence electrons. The summed E-state index contributed by atoms with van der Waals surface area (Å²) in [4.78, 5) is 4.24. The summed E-state index contributed by atoms with van der Waals surface area (Å²) < 4.78 is 2.06. The molecule has 0 bridgehead atoms. The zero-order chi connectivity index (χ0) is 7.02. The topological polar surface area (TPSA) is 17.8 Å². The van der Waals surface area contributed by atoms with Crippen LogP contribution in [0.2, 0.25) is 0 Å². The average molecular weight is 142 g/mol. The van der Waals surface area contributed by atoms with Crippen LogP contribution < -0.4 is 5.57 Å². The molecule has 0 N–H and O–H groups in total. The Morgan fingerprint density at radius 2 is 2.00 bits per heavy atom. The van der Waals surface area contributed by atoms with Gasteiger partial charge in [0.2, 0.25) is 0 Å². The Balaban J connectivity index is 3.29. The molecule has 3 heteroatoms. The fraction of sp³-hybridized carbons (Fsp3) is 0.500. The zero-order valence-electron chi connectivity index (χ0n) is 5.97. The maximum atomic E-state index is 4.24. The number of nitrogens with zero attached hydrogens (tertiary/aromatic N) is 2. The third-order valence-corrected chi connectivity index (χ3v) is 2.17. The third-order valence-electron chi connectivity index (χ3n) is 1.65. The Morgan fingerprint density at radius 1 is 1.44 bits per heavy atom. The van der Waals surface area contributed by atoms with Crippen LogP contribution in [0.3, 0.4) is 0 Å². The van der Waals surface area contributed by atoms with E-state index in [-0.39, 0.29) is 0 Å². The largest absolute Gasteiger partial charge is 0.332 e. The molecule has 1 unspecified atom stereocenters. The minimum atomic E-state index is 1.00. The molecule has 1 aromatic rings. The summed E-state index contributed by atoms with van der Waals surface area (Å²) in [6.07, 6.45) is 0. The highest BCUT2D eigenvalue weighted by Gasteiger charge is 2.00. The van der Waals surface area contributed by atoms with Crippen molar-refractivity contribution in [3.8, 4) is 0 Å². The van der Waals surface area contributed by atoms with Crippen LogP contribution in [0.5, 0.6) is 0 Å². The SMILES string of the molecule is Cc1nc(P)n(C)c1C. The predicted molar refractivity (Wildman–Crippen MR) is 42.0 cm³/mol. The smallest absolute Gasteiger partial charge is 0.125 e. The van der Waals surface area contributed by atoms with E-state index in [1.165, 1.54) is 5.69 Å². The molecule has 0 radical (unpaired) electrons. The van der Waals surface area contributed by atoms with Gasteiger partial charge in [-0.1, -0.05) is 9.24 Å². The van der Waals surface area contributed by atoms with Gasteiger partial charge in [0.05, 0.1) is 5.69 Å². The van der Waals surface area contributed by atoms with Crippen molar-refractivity contribution in [2.24, 2.45) is 7.05 Å². The van der Waals surface area contributed by atoms with E-state index in [9.17, 15) is 0 Å². The van der Waals surface area contributed by atoms with Gasteiger partial charge in [0.25, 0.3) is 0 Å². The summed E-state index contributed by atoms with van der Waals surface area (Å²) in [5, 5.41) is 0. The van der Waals surface area contributed by atoms with Gasteiger partial charge in [-0.25, -0.2) is 4.98 Å². The van der Waals surface area contributed by atoms with Crippen molar-refractivity contribution in [2.45, 2.75) is 13.8 Å². The first-order valence-corrected chi connectivity index (χ1v) is 3.46. The Kier molecular flexibility index (Phi) is 1.58. The van der Waals surface area contributed by atoms with E-state index >= 15 is 0 Å². The van der Waals surface area contributed by atoms with E-state index < -0.39 is 0 Å². The van der Waals surface area contributed by atoms with Crippen molar-refractivity contribution in [1.82, 2.24) is 9.55 Å². The van der Waals surface area contributed by atoms with Gasteiger partial charge >= 0.3 is 0 Å². The van der Waals surface area contributed by atoms with Crippen LogP contribution >= 0.6 is 9.24 Å². The number of rotatable bonds is 0. The highest BCUT2D eigenvalue weighted by atomic mass is 31.0. The fourth-order valence-corrected chi connectivity index (χ4v) is 1.13. The quantitative estimate of drug-likeness (QED) is 0.483. The summed E-state index contributed by atoms with van der Waals surface area (Å²) in [6, 6.07) is 0. The number of hydrogen-bond donors (Lipinski definition) is 0. The molecule has 2 nitrogen and oxygen atoms in total. The minimum Gasteiger partial charge on any atom is -0.332 e. The van der Waals surface area contributed by atoms with Gasteiger partial charge in [-0.2, -0.15) is 0 Å². The second-order valence-electron chi connectivity index (χ2n) is 2.20. The molecule has 0 spiro atoms. The molecule has 0 fully saturated rings. The van der Waals surface area contributed by atoms with Crippen molar-refractivity contribution in [2.75, 3.05) is 0 Å². The molecule has 1 atom stereocenters. The summed E-state index contributed by atoms with van der Waals surface area (Å²) in [7, 11) is 4.61. The van der Waals surface area contributed by atoms with Gasteiger partial charge in [-0.3, -0.25) is 0 Å². The van der Waals surface area contributed by atoms with Crippen LogP contribution in [0.15, 0.2) is 0 Å². The first-order chi connectivity index (χ1) is 4.13. The maximum absolute atomic E-state index is 4.24. The van der Waals surface area contributed by atoms with Gasteiger partial charge in [0, 0.05) is 12.7 Å². The standard InChI is InChI=1S/C6H11N2P/c1-4-5(2)8(3)6(9)7-4/h9H2,1-3H3. The molecule has 0 amide bonds. The minimum absolute atomic E-state index is 1.00. The van der Waals surface area contributed by atoms with E-state index in [0.717, 1.165) is 11.3 Å². The van der Waals surface area contributed by atoms with Crippen LogP contribution in [0.1, 0.15) is 11.4 Å². The van der Waals surface area contributed by atoms with E-state index in [2.05, 4.69) is 25.7 Å². The lowest BCUT2D eigenvalue weighted by atomic mass is 10.4. The molecule has 0 saturated carbocycles. The molecule has 1 aromatic heterocycles. The molecule has 0 aliphatic carbocycles. The van der Waals surface area contributed by atoms with Crippen LogP contribution in [-0.4, -0.2) is 9.55 Å². The van der Waals surface area contributed by atoms with Gasteiger partial charge in [-0.15, -0.1) is 0 Å². The van der Waals surface area contributed by atoms with Crippen molar-refractivity contribution in [3.63, 3.8) is 0 Å². The van der Waals surface area contributed by atoms with E-state index in [0.29, 0.717) is 0 Å². The Labute approximate surface area is 57.5 Å². The van der Waals surface area contributed by atoms with Crippen LogP contribution in [0.4, 0.5) is 0 Å². The number of hydrogen-bond acceptors (Lipinski definition) is 1. The molecule has 0 aliphatic heterocycles. The molecular formula is C6H11N2P. The van der Waals surface area contributed by atoms with Gasteiger partial charge in [-0.05, 0) is 13.8 Å². The lowest BCUT2D eigenvalue weighted by molar-refractivity contribution is 0.903. The van der Waals surface area contributed by atoms with Crippen molar-refractivity contribution in [1.29, 1.82) is 0 Å². The Hall–Kier alpha value is -0.360. The summed E-state index contributed by atoms with van der Waals surface area (Å²) in [6.45, 7) is 4.08. The first-order valence-electron chi connectivity index (χ1n) is 2.88. The predicted octanol–water partition coefficient (Wildman–Crippen LogP) is 0.537. The van der Waals surface area contributed by atoms with Crippen LogP contribution in [0.25, 0.3) is 0 Å². The second kappa shape index (κ2) is 2.11. The molecular weight excluding hydrogens is 131 g/mol. The Morgan fingerprint density at radius 3 is 2.11 bits per heavy atom. The second-order valence-corrected chi connectivity index (χ2v) is 2.72. The maximum Gasteiger partial charge on any atom is 0.125 e. The average Bonchev–Trinajstić information content (AvgIpc) is 1.98. The number of imidazole rings is 1. The molecule has 0 saturated heterocycles. The molecule has 1 heterocycles. The van der Waals surface area contributed by atoms with Crippen LogP contribution in [0, 0.1) is 13.8 Å². The van der Waals surface area contributed by atoms with E-state index in [1.54, 1.807) is 0 Å². The number of aromatic nitrogens is 2. The van der Waals surface area contributed by atoms with Gasteiger partial charge < -0.3 is 4.57 Å². The third kappa shape index (κ3) is 0.994. The van der Waals surface area contributed by atoms with Crippen molar-refractivity contribution >= 4 is 14.8 Å². The lowest BCUT2D eigenvalue weighted by Gasteiger charge is -1.94. The Bertz CT molecular complexity index is 205. The zero-order valence-corrected chi connectivity index (χ0v) is 7.13. The van der Waals surface area contributed by atoms with Crippen molar-refractivity contribution < 1.29 is 0 Å².